The van der Waals surface area contributed by atoms with Crippen molar-refractivity contribution in [2.45, 2.75) is 19.3 Å². The molecule has 1 aliphatic rings. The van der Waals surface area contributed by atoms with Gasteiger partial charge in [0.1, 0.15) is 0 Å². The summed E-state index contributed by atoms with van der Waals surface area (Å²) in [5, 5.41) is 8.84. The van der Waals surface area contributed by atoms with Crippen LogP contribution in [0.3, 0.4) is 0 Å². The fraction of sp³-hybridized carbons (Fsp3) is 0.500. The van der Waals surface area contributed by atoms with Crippen molar-refractivity contribution in [2.75, 3.05) is 19.6 Å². The highest BCUT2D eigenvalue weighted by Crippen LogP contribution is 2.17. The molecular weight excluding hydrogens is 276 g/mol. The number of hydrogen-bond acceptors (Lipinski definition) is 2. The maximum atomic E-state index is 8.84. The molecule has 90 valence electrons. The number of rotatable bonds is 3. The molecule has 1 heterocycles. The van der Waals surface area contributed by atoms with Crippen LogP contribution in [-0.4, -0.2) is 24.5 Å². The lowest BCUT2D eigenvalue weighted by molar-refractivity contribution is 0.208. The van der Waals surface area contributed by atoms with Crippen molar-refractivity contribution in [1.82, 2.24) is 4.90 Å². The van der Waals surface area contributed by atoms with Gasteiger partial charge in [0, 0.05) is 16.9 Å². The van der Waals surface area contributed by atoms with Crippen molar-refractivity contribution in [3.8, 4) is 6.07 Å². The number of benzene rings is 1. The molecule has 0 amide bonds. The first-order valence-electron chi connectivity index (χ1n) is 6.14. The van der Waals surface area contributed by atoms with E-state index in [0.717, 1.165) is 43.4 Å². The second kappa shape index (κ2) is 6.18. The molecule has 17 heavy (non-hydrogen) atoms. The van der Waals surface area contributed by atoms with Gasteiger partial charge < -0.3 is 4.90 Å². The van der Waals surface area contributed by atoms with Crippen LogP contribution in [0, 0.1) is 17.2 Å². The summed E-state index contributed by atoms with van der Waals surface area (Å²) in [6.07, 6.45) is 3.18. The summed E-state index contributed by atoms with van der Waals surface area (Å²) < 4.78 is 1.14. The first-order chi connectivity index (χ1) is 8.28. The highest BCUT2D eigenvalue weighted by molar-refractivity contribution is 9.10. The standard InChI is InChI=1S/C14H17BrN2/c15-14-3-1-12(2-4-14)5-8-17-9-6-13(11-16)7-10-17/h1-4,13H,5-10H2. The van der Waals surface area contributed by atoms with Crippen LogP contribution in [-0.2, 0) is 6.42 Å². The third-order valence-electron chi connectivity index (χ3n) is 3.40. The van der Waals surface area contributed by atoms with Crippen LogP contribution < -0.4 is 0 Å². The maximum absolute atomic E-state index is 8.84. The molecule has 0 aliphatic carbocycles. The highest BCUT2D eigenvalue weighted by atomic mass is 79.9. The molecule has 0 unspecified atom stereocenters. The molecule has 2 nitrogen and oxygen atoms in total. The Kier molecular flexibility index (Phi) is 4.58. The van der Waals surface area contributed by atoms with Crippen LogP contribution in [0.15, 0.2) is 28.7 Å². The monoisotopic (exact) mass is 292 g/mol. The van der Waals surface area contributed by atoms with E-state index in [1.807, 2.05) is 0 Å². The van der Waals surface area contributed by atoms with E-state index in [4.69, 9.17) is 5.26 Å². The van der Waals surface area contributed by atoms with Gasteiger partial charge in [0.05, 0.1) is 6.07 Å². The van der Waals surface area contributed by atoms with E-state index in [1.54, 1.807) is 0 Å². The van der Waals surface area contributed by atoms with E-state index in [2.05, 4.69) is 51.2 Å². The smallest absolute Gasteiger partial charge is 0.0656 e. The molecule has 2 rings (SSSR count). The Bertz CT molecular complexity index is 386. The zero-order valence-corrected chi connectivity index (χ0v) is 11.5. The fourth-order valence-electron chi connectivity index (χ4n) is 2.22. The maximum Gasteiger partial charge on any atom is 0.0656 e. The molecule has 0 spiro atoms. The summed E-state index contributed by atoms with van der Waals surface area (Å²) in [6.45, 7) is 3.27. The molecule has 0 atom stereocenters. The van der Waals surface area contributed by atoms with Crippen LogP contribution in [0.4, 0.5) is 0 Å². The normalized spacial score (nSPS) is 17.9. The van der Waals surface area contributed by atoms with Crippen LogP contribution in [0.1, 0.15) is 18.4 Å². The molecule has 1 aromatic carbocycles. The number of likely N-dealkylation sites (tertiary alicyclic amines) is 1. The first-order valence-corrected chi connectivity index (χ1v) is 6.93. The Morgan fingerprint density at radius 1 is 1.24 bits per heavy atom. The molecule has 0 aromatic heterocycles. The SMILES string of the molecule is N#CC1CCN(CCc2ccc(Br)cc2)CC1. The summed E-state index contributed by atoms with van der Waals surface area (Å²) >= 11 is 3.45. The minimum Gasteiger partial charge on any atom is -0.303 e. The van der Waals surface area contributed by atoms with E-state index in [1.165, 1.54) is 5.56 Å². The number of halogens is 1. The van der Waals surface area contributed by atoms with Gasteiger partial charge in [-0.1, -0.05) is 28.1 Å². The average Bonchev–Trinajstić information content (AvgIpc) is 2.39. The average molecular weight is 293 g/mol. The molecular formula is C14H17BrN2. The molecule has 1 aromatic rings. The van der Waals surface area contributed by atoms with Crippen molar-refractivity contribution >= 4 is 15.9 Å². The van der Waals surface area contributed by atoms with Gasteiger partial charge in [-0.25, -0.2) is 0 Å². The van der Waals surface area contributed by atoms with Gasteiger partial charge >= 0.3 is 0 Å². The van der Waals surface area contributed by atoms with Gasteiger partial charge in [0.2, 0.25) is 0 Å². The Balaban J connectivity index is 1.76. The van der Waals surface area contributed by atoms with Crippen molar-refractivity contribution in [3.05, 3.63) is 34.3 Å². The molecule has 0 bridgehead atoms. The largest absolute Gasteiger partial charge is 0.303 e. The van der Waals surface area contributed by atoms with E-state index in [9.17, 15) is 0 Å². The molecule has 0 saturated carbocycles. The Morgan fingerprint density at radius 2 is 1.88 bits per heavy atom. The zero-order valence-electron chi connectivity index (χ0n) is 9.90. The number of nitrogens with zero attached hydrogens (tertiary/aromatic N) is 2. The zero-order chi connectivity index (χ0) is 12.1. The molecule has 1 aliphatic heterocycles. The van der Waals surface area contributed by atoms with Gasteiger partial charge in [-0.3, -0.25) is 0 Å². The highest BCUT2D eigenvalue weighted by Gasteiger charge is 2.17. The Morgan fingerprint density at radius 3 is 2.47 bits per heavy atom. The molecule has 0 radical (unpaired) electrons. The van der Waals surface area contributed by atoms with E-state index >= 15 is 0 Å². The minimum atomic E-state index is 0.291. The molecule has 0 N–H and O–H groups in total. The number of nitriles is 1. The van der Waals surface area contributed by atoms with Crippen molar-refractivity contribution in [1.29, 1.82) is 5.26 Å². The summed E-state index contributed by atoms with van der Waals surface area (Å²) in [6, 6.07) is 10.9. The van der Waals surface area contributed by atoms with Crippen LogP contribution in [0.25, 0.3) is 0 Å². The van der Waals surface area contributed by atoms with Crippen LogP contribution in [0.5, 0.6) is 0 Å². The lowest BCUT2D eigenvalue weighted by Gasteiger charge is -2.28. The Hall–Kier alpha value is -0.850. The lowest BCUT2D eigenvalue weighted by atomic mass is 9.98. The number of piperidine rings is 1. The molecule has 1 fully saturated rings. The lowest BCUT2D eigenvalue weighted by Crippen LogP contribution is -2.34. The second-order valence-electron chi connectivity index (χ2n) is 4.62. The topological polar surface area (TPSA) is 27.0 Å². The number of hydrogen-bond donors (Lipinski definition) is 0. The fourth-order valence-corrected chi connectivity index (χ4v) is 2.49. The van der Waals surface area contributed by atoms with E-state index in [-0.39, 0.29) is 0 Å². The summed E-state index contributed by atoms with van der Waals surface area (Å²) in [5.74, 6) is 0.291. The quantitative estimate of drug-likeness (QED) is 0.855. The molecule has 3 heteroatoms. The van der Waals surface area contributed by atoms with Gasteiger partial charge in [-0.05, 0) is 50.0 Å². The predicted octanol–water partition coefficient (Wildman–Crippen LogP) is 3.23. The van der Waals surface area contributed by atoms with Gasteiger partial charge in [0.15, 0.2) is 0 Å². The van der Waals surface area contributed by atoms with Crippen molar-refractivity contribution in [3.63, 3.8) is 0 Å². The third kappa shape index (κ3) is 3.83. The second-order valence-corrected chi connectivity index (χ2v) is 5.54. The van der Waals surface area contributed by atoms with Gasteiger partial charge in [-0.15, -0.1) is 0 Å². The molecule has 1 saturated heterocycles. The Labute approximate surface area is 111 Å². The van der Waals surface area contributed by atoms with Gasteiger partial charge in [0.25, 0.3) is 0 Å². The van der Waals surface area contributed by atoms with Crippen molar-refractivity contribution in [2.24, 2.45) is 5.92 Å². The summed E-state index contributed by atoms with van der Waals surface area (Å²) in [4.78, 5) is 2.47. The third-order valence-corrected chi connectivity index (χ3v) is 3.93. The van der Waals surface area contributed by atoms with Gasteiger partial charge in [-0.2, -0.15) is 5.26 Å². The van der Waals surface area contributed by atoms with Crippen LogP contribution >= 0.6 is 15.9 Å². The predicted molar refractivity (Wildman–Crippen MR) is 72.6 cm³/mol. The minimum absolute atomic E-state index is 0.291. The van der Waals surface area contributed by atoms with E-state index in [0.29, 0.717) is 5.92 Å². The van der Waals surface area contributed by atoms with Crippen LogP contribution in [0.2, 0.25) is 0 Å². The van der Waals surface area contributed by atoms with Crippen molar-refractivity contribution < 1.29 is 0 Å². The van der Waals surface area contributed by atoms with E-state index < -0.39 is 0 Å². The summed E-state index contributed by atoms with van der Waals surface area (Å²) in [5.41, 5.74) is 1.38. The first kappa shape index (κ1) is 12.6. The summed E-state index contributed by atoms with van der Waals surface area (Å²) in [7, 11) is 0.